The van der Waals surface area contributed by atoms with E-state index in [1.54, 1.807) is 49.5 Å². The van der Waals surface area contributed by atoms with Gasteiger partial charge in [-0.25, -0.2) is 22.0 Å². The normalized spacial score (nSPS) is 14.0. The first-order valence-corrected chi connectivity index (χ1v) is 11.3. The zero-order valence-electron chi connectivity index (χ0n) is 17.2. The van der Waals surface area contributed by atoms with Crippen LogP contribution < -0.4 is 9.64 Å². The molecule has 1 aliphatic heterocycles. The van der Waals surface area contributed by atoms with Gasteiger partial charge in [0.1, 0.15) is 5.75 Å². The molecule has 0 unspecified atom stereocenters. The largest absolute Gasteiger partial charge is 0.419 e. The summed E-state index contributed by atoms with van der Waals surface area (Å²) in [6, 6.07) is 16.6. The second kappa shape index (κ2) is 8.68. The number of carbonyl (C=O) groups excluding carboxylic acids is 1. The van der Waals surface area contributed by atoms with Gasteiger partial charge in [0.2, 0.25) is 10.0 Å². The van der Waals surface area contributed by atoms with Crippen LogP contribution in [-0.4, -0.2) is 32.4 Å². The van der Waals surface area contributed by atoms with Crippen molar-refractivity contribution >= 4 is 21.8 Å². The van der Waals surface area contributed by atoms with Gasteiger partial charge in [0, 0.05) is 25.8 Å². The van der Waals surface area contributed by atoms with Gasteiger partial charge in [-0.15, -0.1) is 0 Å². The smallest absolute Gasteiger partial charge is 0.410 e. The average molecular weight is 458 g/mol. The Bertz CT molecular complexity index is 1270. The minimum Gasteiger partial charge on any atom is -0.410 e. The molecule has 1 heterocycles. The zero-order valence-corrected chi connectivity index (χ0v) is 18.0. The van der Waals surface area contributed by atoms with Crippen LogP contribution in [0, 0.1) is 11.6 Å². The van der Waals surface area contributed by atoms with Gasteiger partial charge in [-0.3, -0.25) is 4.90 Å². The van der Waals surface area contributed by atoms with E-state index in [0.717, 1.165) is 17.7 Å². The molecule has 1 amide bonds. The van der Waals surface area contributed by atoms with Crippen LogP contribution in [0.15, 0.2) is 71.6 Å². The summed E-state index contributed by atoms with van der Waals surface area (Å²) in [7, 11) is -2.43. The number of halogens is 2. The van der Waals surface area contributed by atoms with Crippen molar-refractivity contribution in [2.45, 2.75) is 17.9 Å². The molecule has 0 saturated carbocycles. The molecule has 0 N–H and O–H groups in total. The number of hydrogen-bond acceptors (Lipinski definition) is 4. The lowest BCUT2D eigenvalue weighted by Gasteiger charge is -2.28. The third-order valence-corrected chi connectivity index (χ3v) is 7.15. The number of para-hydroxylation sites is 1. The number of fused-ring (bicyclic) bond motifs is 1. The van der Waals surface area contributed by atoms with Gasteiger partial charge < -0.3 is 4.74 Å². The van der Waals surface area contributed by atoms with Crippen molar-refractivity contribution in [2.75, 3.05) is 18.5 Å². The lowest BCUT2D eigenvalue weighted by Crippen LogP contribution is -2.36. The molecule has 3 aromatic rings. The van der Waals surface area contributed by atoms with E-state index >= 15 is 0 Å². The van der Waals surface area contributed by atoms with Gasteiger partial charge in [0.25, 0.3) is 0 Å². The average Bonchev–Trinajstić information content (AvgIpc) is 2.80. The Labute approximate surface area is 184 Å². The monoisotopic (exact) mass is 458 g/mol. The Morgan fingerprint density at radius 3 is 2.44 bits per heavy atom. The van der Waals surface area contributed by atoms with Crippen molar-refractivity contribution in [1.29, 1.82) is 0 Å². The third kappa shape index (κ3) is 4.35. The van der Waals surface area contributed by atoms with E-state index in [9.17, 15) is 22.0 Å². The fourth-order valence-corrected chi connectivity index (χ4v) is 4.92. The molecule has 166 valence electrons. The summed E-state index contributed by atoms with van der Waals surface area (Å²) >= 11 is 0. The molecule has 4 rings (SSSR count). The Balaban J connectivity index is 1.53. The van der Waals surface area contributed by atoms with Crippen LogP contribution in [0.3, 0.4) is 0 Å². The van der Waals surface area contributed by atoms with E-state index < -0.39 is 27.8 Å². The van der Waals surface area contributed by atoms with Gasteiger partial charge in [-0.2, -0.15) is 4.31 Å². The van der Waals surface area contributed by atoms with Crippen molar-refractivity contribution in [3.63, 3.8) is 0 Å². The number of nitrogens with zero attached hydrogens (tertiary/aromatic N) is 2. The van der Waals surface area contributed by atoms with E-state index in [1.807, 2.05) is 6.07 Å². The van der Waals surface area contributed by atoms with E-state index in [4.69, 9.17) is 4.74 Å². The lowest BCUT2D eigenvalue weighted by atomic mass is 10.0. The van der Waals surface area contributed by atoms with Gasteiger partial charge >= 0.3 is 6.09 Å². The summed E-state index contributed by atoms with van der Waals surface area (Å²) < 4.78 is 59.3. The maximum absolute atomic E-state index is 13.6. The first-order valence-electron chi connectivity index (χ1n) is 9.83. The highest BCUT2D eigenvalue weighted by molar-refractivity contribution is 7.89. The molecule has 0 aliphatic carbocycles. The number of sulfonamides is 1. The number of benzene rings is 3. The number of rotatable bonds is 4. The maximum atomic E-state index is 13.6. The molecule has 1 aliphatic rings. The SMILES string of the molecule is CN(C(=O)Oc1ccc2c(c1)CN(S(=O)(=O)c1ccc(F)c(F)c1)CC2)c1ccccc1. The molecule has 0 spiro atoms. The number of carbonyl (C=O) groups is 1. The first kappa shape index (κ1) is 21.9. The number of ether oxygens (including phenoxy) is 1. The predicted octanol–water partition coefficient (Wildman–Crippen LogP) is 4.35. The summed E-state index contributed by atoms with van der Waals surface area (Å²) in [4.78, 5) is 13.5. The lowest BCUT2D eigenvalue weighted by molar-refractivity contribution is 0.209. The molecule has 0 aromatic heterocycles. The molecular weight excluding hydrogens is 438 g/mol. The topological polar surface area (TPSA) is 66.9 Å². The van der Waals surface area contributed by atoms with Crippen LogP contribution in [0.4, 0.5) is 19.3 Å². The molecule has 0 bridgehead atoms. The second-order valence-electron chi connectivity index (χ2n) is 7.36. The van der Waals surface area contributed by atoms with Crippen molar-refractivity contribution in [1.82, 2.24) is 4.31 Å². The van der Waals surface area contributed by atoms with Crippen LogP contribution in [0.1, 0.15) is 11.1 Å². The predicted molar refractivity (Wildman–Crippen MR) is 115 cm³/mol. The quantitative estimate of drug-likeness (QED) is 0.583. The van der Waals surface area contributed by atoms with Crippen molar-refractivity contribution in [3.8, 4) is 5.75 Å². The van der Waals surface area contributed by atoms with Crippen molar-refractivity contribution < 1.29 is 26.7 Å². The first-order chi connectivity index (χ1) is 15.3. The Kier molecular flexibility index (Phi) is 5.94. The van der Waals surface area contributed by atoms with Gasteiger partial charge in [-0.05, 0) is 60.0 Å². The van der Waals surface area contributed by atoms with Crippen LogP contribution in [0.5, 0.6) is 5.75 Å². The third-order valence-electron chi connectivity index (χ3n) is 5.31. The molecule has 6 nitrogen and oxygen atoms in total. The molecule has 0 atom stereocenters. The molecule has 3 aromatic carbocycles. The van der Waals surface area contributed by atoms with Crippen molar-refractivity contribution in [2.24, 2.45) is 0 Å². The highest BCUT2D eigenvalue weighted by atomic mass is 32.2. The fraction of sp³-hybridized carbons (Fsp3) is 0.174. The number of amides is 1. The summed E-state index contributed by atoms with van der Waals surface area (Å²) in [6.45, 7) is 0.223. The van der Waals surface area contributed by atoms with Crippen LogP contribution in [0.2, 0.25) is 0 Å². The summed E-state index contributed by atoms with van der Waals surface area (Å²) in [5, 5.41) is 0. The Morgan fingerprint density at radius 1 is 0.969 bits per heavy atom. The van der Waals surface area contributed by atoms with Crippen LogP contribution in [0.25, 0.3) is 0 Å². The van der Waals surface area contributed by atoms with Gasteiger partial charge in [-0.1, -0.05) is 24.3 Å². The number of anilines is 1. The second-order valence-corrected chi connectivity index (χ2v) is 9.30. The molecular formula is C23H20F2N2O4S. The van der Waals surface area contributed by atoms with Gasteiger partial charge in [0.05, 0.1) is 4.90 Å². The summed E-state index contributed by atoms with van der Waals surface area (Å²) in [5.41, 5.74) is 2.27. The van der Waals surface area contributed by atoms with E-state index in [0.29, 0.717) is 23.7 Å². The molecule has 32 heavy (non-hydrogen) atoms. The number of hydrogen-bond donors (Lipinski definition) is 0. The van der Waals surface area contributed by atoms with Crippen LogP contribution in [-0.2, 0) is 23.0 Å². The standard InChI is InChI=1S/C23H20F2N2O4S/c1-26(18-5-3-2-4-6-18)23(28)31-19-8-7-16-11-12-27(15-17(16)13-19)32(29,30)20-9-10-21(24)22(25)14-20/h2-10,13-14H,11-12,15H2,1H3. The minimum atomic E-state index is -4.02. The molecule has 0 fully saturated rings. The minimum absolute atomic E-state index is 0.0244. The Morgan fingerprint density at radius 2 is 1.72 bits per heavy atom. The summed E-state index contributed by atoms with van der Waals surface area (Å²) in [6.07, 6.45) is -0.144. The van der Waals surface area contributed by atoms with E-state index in [2.05, 4.69) is 0 Å². The van der Waals surface area contributed by atoms with Crippen molar-refractivity contribution in [3.05, 3.63) is 89.5 Å². The highest BCUT2D eigenvalue weighted by Crippen LogP contribution is 2.28. The van der Waals surface area contributed by atoms with Crippen LogP contribution >= 0.6 is 0 Å². The highest BCUT2D eigenvalue weighted by Gasteiger charge is 2.29. The van der Waals surface area contributed by atoms with E-state index in [-0.39, 0.29) is 23.7 Å². The molecule has 9 heteroatoms. The molecule has 0 saturated heterocycles. The zero-order chi connectivity index (χ0) is 22.9. The van der Waals surface area contributed by atoms with E-state index in [1.165, 1.54) is 9.21 Å². The van der Waals surface area contributed by atoms with Gasteiger partial charge in [0.15, 0.2) is 11.6 Å². The summed E-state index contributed by atoms with van der Waals surface area (Å²) in [5.74, 6) is -2.05. The maximum Gasteiger partial charge on any atom is 0.419 e. The fourth-order valence-electron chi connectivity index (χ4n) is 3.49. The Hall–Kier alpha value is -3.30. The molecule has 0 radical (unpaired) electrons.